The Bertz CT molecular complexity index is 76.6. The normalized spacial score (nSPS) is 10.1. The van der Waals surface area contributed by atoms with E-state index >= 15 is 0 Å². The molecule has 0 spiro atoms. The summed E-state index contributed by atoms with van der Waals surface area (Å²) in [5, 5.41) is 0. The Kier molecular flexibility index (Phi) is 5.86. The fourth-order valence-corrected chi connectivity index (χ4v) is 0.566. The summed E-state index contributed by atoms with van der Waals surface area (Å²) in [5.74, 6) is 0. The molecule has 1 N–H and O–H groups in total. The van der Waals surface area contributed by atoms with Crippen LogP contribution in [0.4, 0.5) is 0 Å². The molecule has 0 atom stereocenters. The summed E-state index contributed by atoms with van der Waals surface area (Å²) in [7, 11) is -1.76. The molecule has 0 bridgehead atoms. The van der Waals surface area contributed by atoms with Crippen molar-refractivity contribution in [2.24, 2.45) is 0 Å². The van der Waals surface area contributed by atoms with E-state index in [0.29, 0.717) is 6.61 Å². The van der Waals surface area contributed by atoms with E-state index in [1.54, 1.807) is 0 Å². The SMILES string of the molecule is C=C[Si](O)OCOCC. The van der Waals surface area contributed by atoms with Crippen molar-refractivity contribution in [3.8, 4) is 0 Å². The third-order valence-electron chi connectivity index (χ3n) is 0.669. The van der Waals surface area contributed by atoms with E-state index in [-0.39, 0.29) is 6.79 Å². The fraction of sp³-hybridized carbons (Fsp3) is 0.600. The first kappa shape index (κ1) is 8.84. The van der Waals surface area contributed by atoms with Crippen LogP contribution in [0.2, 0.25) is 0 Å². The summed E-state index contributed by atoms with van der Waals surface area (Å²) in [6.07, 6.45) is 0. The summed E-state index contributed by atoms with van der Waals surface area (Å²) in [6, 6.07) is 0. The Morgan fingerprint density at radius 1 is 1.78 bits per heavy atom. The summed E-state index contributed by atoms with van der Waals surface area (Å²) < 4.78 is 9.55. The van der Waals surface area contributed by atoms with E-state index in [9.17, 15) is 0 Å². The maximum Gasteiger partial charge on any atom is 0.413 e. The van der Waals surface area contributed by atoms with Crippen LogP contribution in [0.15, 0.2) is 12.3 Å². The van der Waals surface area contributed by atoms with Crippen LogP contribution < -0.4 is 0 Å². The maximum atomic E-state index is 8.77. The minimum absolute atomic E-state index is 0.160. The van der Waals surface area contributed by atoms with E-state index in [1.807, 2.05) is 6.92 Å². The number of hydrogen-bond donors (Lipinski definition) is 1. The zero-order chi connectivity index (χ0) is 7.11. The quantitative estimate of drug-likeness (QED) is 0.343. The van der Waals surface area contributed by atoms with Crippen molar-refractivity contribution in [1.82, 2.24) is 0 Å². The molecule has 1 radical (unpaired) electrons. The Morgan fingerprint density at radius 3 is 2.89 bits per heavy atom. The molecule has 0 saturated carbocycles. The van der Waals surface area contributed by atoms with E-state index in [1.165, 1.54) is 5.70 Å². The third-order valence-corrected chi connectivity index (χ3v) is 1.43. The molecule has 0 aliphatic rings. The second kappa shape index (κ2) is 5.96. The molecule has 0 aromatic carbocycles. The average Bonchev–Trinajstić information content (AvgIpc) is 1.89. The Morgan fingerprint density at radius 2 is 2.44 bits per heavy atom. The molecule has 0 aromatic rings. The van der Waals surface area contributed by atoms with Gasteiger partial charge < -0.3 is 14.0 Å². The van der Waals surface area contributed by atoms with Crippen molar-refractivity contribution in [2.75, 3.05) is 13.4 Å². The van der Waals surface area contributed by atoms with E-state index < -0.39 is 9.28 Å². The average molecular weight is 147 g/mol. The van der Waals surface area contributed by atoms with Gasteiger partial charge in [0.1, 0.15) is 6.79 Å². The van der Waals surface area contributed by atoms with E-state index in [2.05, 4.69) is 6.58 Å². The van der Waals surface area contributed by atoms with Gasteiger partial charge in [-0.3, -0.25) is 0 Å². The van der Waals surface area contributed by atoms with Crippen LogP contribution in [-0.4, -0.2) is 27.5 Å². The number of hydrogen-bond acceptors (Lipinski definition) is 3. The van der Waals surface area contributed by atoms with Crippen molar-refractivity contribution < 1.29 is 14.0 Å². The van der Waals surface area contributed by atoms with Crippen LogP contribution >= 0.6 is 0 Å². The highest BCUT2D eigenvalue weighted by molar-refractivity contribution is 6.48. The van der Waals surface area contributed by atoms with Gasteiger partial charge in [0.25, 0.3) is 0 Å². The minimum Gasteiger partial charge on any atom is -0.407 e. The Balaban J connectivity index is 2.96. The van der Waals surface area contributed by atoms with Crippen molar-refractivity contribution in [2.45, 2.75) is 6.92 Å². The molecule has 3 nitrogen and oxygen atoms in total. The fourth-order valence-electron chi connectivity index (χ4n) is 0.244. The minimum atomic E-state index is -1.76. The predicted octanol–water partition coefficient (Wildman–Crippen LogP) is 0.203. The van der Waals surface area contributed by atoms with Gasteiger partial charge in [0.05, 0.1) is 0 Å². The molecule has 4 heteroatoms. The molecule has 0 saturated heterocycles. The first-order valence-corrected chi connectivity index (χ1v) is 4.13. The van der Waals surface area contributed by atoms with Crippen LogP contribution in [0.3, 0.4) is 0 Å². The monoisotopic (exact) mass is 147 g/mol. The highest BCUT2D eigenvalue weighted by Crippen LogP contribution is 1.82. The third kappa shape index (κ3) is 5.71. The first-order chi connectivity index (χ1) is 4.31. The summed E-state index contributed by atoms with van der Waals surface area (Å²) in [5.41, 5.74) is 1.39. The zero-order valence-corrected chi connectivity index (χ0v) is 6.46. The molecular weight excluding hydrogens is 136 g/mol. The van der Waals surface area contributed by atoms with Crippen LogP contribution in [-0.2, 0) is 9.16 Å². The van der Waals surface area contributed by atoms with Crippen molar-refractivity contribution in [3.05, 3.63) is 12.3 Å². The Hall–Kier alpha value is -0.163. The molecule has 0 fully saturated rings. The highest BCUT2D eigenvalue weighted by Gasteiger charge is 2.01. The molecule has 0 aliphatic heterocycles. The van der Waals surface area contributed by atoms with Gasteiger partial charge in [-0.2, -0.15) is 0 Å². The van der Waals surface area contributed by atoms with Gasteiger partial charge in [0, 0.05) is 6.61 Å². The molecule has 0 amide bonds. The summed E-state index contributed by atoms with van der Waals surface area (Å²) in [4.78, 5) is 8.77. The van der Waals surface area contributed by atoms with Gasteiger partial charge in [-0.25, -0.2) is 0 Å². The van der Waals surface area contributed by atoms with Crippen molar-refractivity contribution in [3.63, 3.8) is 0 Å². The summed E-state index contributed by atoms with van der Waals surface area (Å²) >= 11 is 0. The largest absolute Gasteiger partial charge is 0.413 e. The van der Waals surface area contributed by atoms with Gasteiger partial charge in [0.2, 0.25) is 0 Å². The van der Waals surface area contributed by atoms with Crippen LogP contribution in [0, 0.1) is 0 Å². The van der Waals surface area contributed by atoms with Gasteiger partial charge >= 0.3 is 9.28 Å². The second-order valence-corrected chi connectivity index (χ2v) is 2.67. The molecule has 0 unspecified atom stereocenters. The Labute approximate surface area is 56.8 Å². The summed E-state index contributed by atoms with van der Waals surface area (Å²) in [6.45, 7) is 5.98. The standard InChI is InChI=1S/C5H11O3Si/c1-3-7-5-8-9(6)4-2/h4,6H,2-3,5H2,1H3. The second-order valence-electron chi connectivity index (χ2n) is 1.30. The molecule has 0 rings (SSSR count). The van der Waals surface area contributed by atoms with Gasteiger partial charge in [-0.15, -0.1) is 6.58 Å². The van der Waals surface area contributed by atoms with Crippen LogP contribution in [0.1, 0.15) is 6.92 Å². The van der Waals surface area contributed by atoms with Crippen LogP contribution in [0.25, 0.3) is 0 Å². The number of rotatable bonds is 5. The smallest absolute Gasteiger partial charge is 0.407 e. The van der Waals surface area contributed by atoms with E-state index in [4.69, 9.17) is 14.0 Å². The lowest BCUT2D eigenvalue weighted by Crippen LogP contribution is -2.16. The highest BCUT2D eigenvalue weighted by atomic mass is 28.3. The molecule has 53 valence electrons. The lowest BCUT2D eigenvalue weighted by molar-refractivity contribution is 0.0121. The predicted molar refractivity (Wildman–Crippen MR) is 35.7 cm³/mol. The van der Waals surface area contributed by atoms with Crippen molar-refractivity contribution >= 4 is 9.28 Å². The van der Waals surface area contributed by atoms with Crippen molar-refractivity contribution in [1.29, 1.82) is 0 Å². The van der Waals surface area contributed by atoms with Gasteiger partial charge in [-0.1, -0.05) is 0 Å². The molecule has 0 aromatic heterocycles. The molecule has 0 aliphatic carbocycles. The number of ether oxygens (including phenoxy) is 1. The molecule has 9 heavy (non-hydrogen) atoms. The molecule has 0 heterocycles. The first-order valence-electron chi connectivity index (χ1n) is 2.70. The van der Waals surface area contributed by atoms with Gasteiger partial charge in [0.15, 0.2) is 0 Å². The molecular formula is C5H11O3Si. The van der Waals surface area contributed by atoms with Gasteiger partial charge in [-0.05, 0) is 12.6 Å². The maximum absolute atomic E-state index is 8.77. The van der Waals surface area contributed by atoms with E-state index in [0.717, 1.165) is 0 Å². The zero-order valence-electron chi connectivity index (χ0n) is 5.46. The topological polar surface area (TPSA) is 38.7 Å². The lowest BCUT2D eigenvalue weighted by Gasteiger charge is -2.02. The lowest BCUT2D eigenvalue weighted by atomic mass is 10.9. The van der Waals surface area contributed by atoms with Crippen LogP contribution in [0.5, 0.6) is 0 Å².